The Hall–Kier alpha value is -1.42. The molecule has 21 heavy (non-hydrogen) atoms. The Morgan fingerprint density at radius 1 is 0.952 bits per heavy atom. The third kappa shape index (κ3) is 4.03. The molecule has 0 bridgehead atoms. The molecule has 0 saturated heterocycles. The second-order valence-corrected chi connectivity index (χ2v) is 5.18. The molecule has 0 aliphatic carbocycles. The highest BCUT2D eigenvalue weighted by Crippen LogP contribution is 2.34. The lowest BCUT2D eigenvalue weighted by Gasteiger charge is -2.14. The molecule has 0 unspecified atom stereocenters. The SMILES string of the molecule is CCOc1cc(CO)c(Cl)cc1OCc1ccccc1Cl. The first kappa shape index (κ1) is 16.0. The van der Waals surface area contributed by atoms with E-state index in [2.05, 4.69) is 0 Å². The van der Waals surface area contributed by atoms with Gasteiger partial charge in [-0.3, -0.25) is 0 Å². The second-order valence-electron chi connectivity index (χ2n) is 4.36. The molecule has 0 saturated carbocycles. The first-order chi connectivity index (χ1) is 10.2. The van der Waals surface area contributed by atoms with Gasteiger partial charge in [-0.2, -0.15) is 0 Å². The van der Waals surface area contributed by atoms with Crippen molar-refractivity contribution in [2.24, 2.45) is 0 Å². The van der Waals surface area contributed by atoms with Crippen LogP contribution in [-0.2, 0) is 13.2 Å². The summed E-state index contributed by atoms with van der Waals surface area (Å²) in [6.07, 6.45) is 0. The van der Waals surface area contributed by atoms with Crippen molar-refractivity contribution < 1.29 is 14.6 Å². The highest BCUT2D eigenvalue weighted by molar-refractivity contribution is 6.31. The molecule has 0 aromatic heterocycles. The lowest BCUT2D eigenvalue weighted by atomic mass is 10.2. The number of ether oxygens (including phenoxy) is 2. The monoisotopic (exact) mass is 326 g/mol. The summed E-state index contributed by atoms with van der Waals surface area (Å²) < 4.78 is 11.3. The van der Waals surface area contributed by atoms with Gasteiger partial charge in [-0.1, -0.05) is 41.4 Å². The molecule has 1 N–H and O–H groups in total. The maximum absolute atomic E-state index is 9.25. The van der Waals surface area contributed by atoms with Crippen molar-refractivity contribution in [2.75, 3.05) is 6.61 Å². The maximum Gasteiger partial charge on any atom is 0.163 e. The van der Waals surface area contributed by atoms with Crippen LogP contribution in [0.1, 0.15) is 18.1 Å². The Balaban J connectivity index is 2.22. The van der Waals surface area contributed by atoms with Gasteiger partial charge in [-0.05, 0) is 24.6 Å². The van der Waals surface area contributed by atoms with Crippen LogP contribution in [0.4, 0.5) is 0 Å². The van der Waals surface area contributed by atoms with Gasteiger partial charge >= 0.3 is 0 Å². The highest BCUT2D eigenvalue weighted by Gasteiger charge is 2.11. The predicted molar refractivity (Wildman–Crippen MR) is 84.3 cm³/mol. The molecule has 2 aromatic carbocycles. The summed E-state index contributed by atoms with van der Waals surface area (Å²) in [5.41, 5.74) is 1.48. The number of aliphatic hydroxyl groups is 1. The fraction of sp³-hybridized carbons (Fsp3) is 0.250. The van der Waals surface area contributed by atoms with E-state index in [1.165, 1.54) is 0 Å². The zero-order chi connectivity index (χ0) is 15.2. The summed E-state index contributed by atoms with van der Waals surface area (Å²) in [5, 5.41) is 10.3. The minimum Gasteiger partial charge on any atom is -0.490 e. The van der Waals surface area contributed by atoms with E-state index in [9.17, 15) is 5.11 Å². The van der Waals surface area contributed by atoms with Gasteiger partial charge < -0.3 is 14.6 Å². The van der Waals surface area contributed by atoms with Gasteiger partial charge in [0.1, 0.15) is 6.61 Å². The van der Waals surface area contributed by atoms with E-state index in [0.717, 1.165) is 5.56 Å². The van der Waals surface area contributed by atoms with Gasteiger partial charge in [-0.25, -0.2) is 0 Å². The van der Waals surface area contributed by atoms with Crippen molar-refractivity contribution in [3.8, 4) is 11.5 Å². The number of hydrogen-bond acceptors (Lipinski definition) is 3. The van der Waals surface area contributed by atoms with Crippen molar-refractivity contribution in [1.29, 1.82) is 0 Å². The van der Waals surface area contributed by atoms with E-state index in [-0.39, 0.29) is 6.61 Å². The third-order valence-electron chi connectivity index (χ3n) is 2.92. The maximum atomic E-state index is 9.25. The van der Waals surface area contributed by atoms with Crippen molar-refractivity contribution in [1.82, 2.24) is 0 Å². The molecule has 0 fully saturated rings. The van der Waals surface area contributed by atoms with Crippen LogP contribution in [0.2, 0.25) is 10.0 Å². The molecule has 2 aromatic rings. The minimum absolute atomic E-state index is 0.149. The molecule has 112 valence electrons. The van der Waals surface area contributed by atoms with E-state index in [1.807, 2.05) is 31.2 Å². The van der Waals surface area contributed by atoms with Crippen molar-refractivity contribution in [3.05, 3.63) is 57.6 Å². The number of aliphatic hydroxyl groups excluding tert-OH is 1. The highest BCUT2D eigenvalue weighted by atomic mass is 35.5. The van der Waals surface area contributed by atoms with E-state index in [4.69, 9.17) is 32.7 Å². The summed E-state index contributed by atoms with van der Waals surface area (Å²) in [5.74, 6) is 1.08. The summed E-state index contributed by atoms with van der Waals surface area (Å²) in [4.78, 5) is 0. The molecule has 0 amide bonds. The molecule has 0 radical (unpaired) electrons. The van der Waals surface area contributed by atoms with Crippen LogP contribution in [0.15, 0.2) is 36.4 Å². The average Bonchev–Trinajstić information content (AvgIpc) is 2.48. The van der Waals surface area contributed by atoms with Crippen LogP contribution >= 0.6 is 23.2 Å². The van der Waals surface area contributed by atoms with Gasteiger partial charge in [0.25, 0.3) is 0 Å². The zero-order valence-electron chi connectivity index (χ0n) is 11.6. The minimum atomic E-state index is -0.149. The predicted octanol–water partition coefficient (Wildman–Crippen LogP) is 4.46. The largest absolute Gasteiger partial charge is 0.490 e. The van der Waals surface area contributed by atoms with E-state index in [0.29, 0.717) is 40.3 Å². The fourth-order valence-electron chi connectivity index (χ4n) is 1.85. The van der Waals surface area contributed by atoms with E-state index < -0.39 is 0 Å². The Labute approximate surface area is 134 Å². The first-order valence-corrected chi connectivity index (χ1v) is 7.33. The lowest BCUT2D eigenvalue weighted by molar-refractivity contribution is 0.264. The number of rotatable bonds is 6. The van der Waals surface area contributed by atoms with Crippen LogP contribution in [0.5, 0.6) is 11.5 Å². The molecule has 0 aliphatic rings. The third-order valence-corrected chi connectivity index (χ3v) is 3.64. The number of halogens is 2. The van der Waals surface area contributed by atoms with E-state index >= 15 is 0 Å². The number of hydrogen-bond donors (Lipinski definition) is 1. The molecule has 5 heteroatoms. The zero-order valence-corrected chi connectivity index (χ0v) is 13.1. The van der Waals surface area contributed by atoms with Crippen LogP contribution in [0.25, 0.3) is 0 Å². The molecule has 2 rings (SSSR count). The molecule has 3 nitrogen and oxygen atoms in total. The average molecular weight is 327 g/mol. The summed E-state index contributed by atoms with van der Waals surface area (Å²) in [6, 6.07) is 10.8. The molecule has 0 atom stereocenters. The topological polar surface area (TPSA) is 38.7 Å². The molecule has 0 aliphatic heterocycles. The van der Waals surface area contributed by atoms with Gasteiger partial charge in [-0.15, -0.1) is 0 Å². The van der Waals surface area contributed by atoms with Gasteiger partial charge in [0.2, 0.25) is 0 Å². The summed E-state index contributed by atoms with van der Waals surface area (Å²) >= 11 is 12.2. The van der Waals surface area contributed by atoms with Crippen molar-refractivity contribution in [2.45, 2.75) is 20.1 Å². The smallest absolute Gasteiger partial charge is 0.163 e. The van der Waals surface area contributed by atoms with Crippen molar-refractivity contribution >= 4 is 23.2 Å². The quantitative estimate of drug-likeness (QED) is 0.851. The van der Waals surface area contributed by atoms with Gasteiger partial charge in [0.05, 0.1) is 18.2 Å². The lowest BCUT2D eigenvalue weighted by Crippen LogP contribution is -2.01. The van der Waals surface area contributed by atoms with Crippen LogP contribution in [0, 0.1) is 0 Å². The molecule has 0 heterocycles. The Bertz CT molecular complexity index is 614. The summed E-state index contributed by atoms with van der Waals surface area (Å²) in [6.45, 7) is 2.54. The Morgan fingerprint density at radius 2 is 1.67 bits per heavy atom. The van der Waals surface area contributed by atoms with Gasteiger partial charge in [0, 0.05) is 16.7 Å². The molecule has 0 spiro atoms. The van der Waals surface area contributed by atoms with Crippen molar-refractivity contribution in [3.63, 3.8) is 0 Å². The standard InChI is InChI=1S/C16H16Cl2O3/c1-2-20-15-7-12(9-19)14(18)8-16(15)21-10-11-5-3-4-6-13(11)17/h3-8,19H,2,9-10H2,1H3. The summed E-state index contributed by atoms with van der Waals surface area (Å²) in [7, 11) is 0. The van der Waals surface area contributed by atoms with Gasteiger partial charge in [0.15, 0.2) is 11.5 Å². The molecular formula is C16H16Cl2O3. The van der Waals surface area contributed by atoms with Crippen LogP contribution < -0.4 is 9.47 Å². The first-order valence-electron chi connectivity index (χ1n) is 6.58. The normalized spacial score (nSPS) is 10.5. The second kappa shape index (κ2) is 7.55. The Kier molecular flexibility index (Phi) is 5.74. The Morgan fingerprint density at radius 3 is 2.33 bits per heavy atom. The fourth-order valence-corrected chi connectivity index (χ4v) is 2.25. The number of benzene rings is 2. The van der Waals surface area contributed by atoms with E-state index in [1.54, 1.807) is 12.1 Å². The molecular weight excluding hydrogens is 311 g/mol. The van der Waals surface area contributed by atoms with Crippen LogP contribution in [0.3, 0.4) is 0 Å². The van der Waals surface area contributed by atoms with Crippen LogP contribution in [-0.4, -0.2) is 11.7 Å².